The lowest BCUT2D eigenvalue weighted by Crippen LogP contribution is -2.60. The highest BCUT2D eigenvalue weighted by Crippen LogP contribution is 2.42. The topological polar surface area (TPSA) is 155 Å². The Balaban J connectivity index is 1.58. The summed E-state index contributed by atoms with van der Waals surface area (Å²) in [6, 6.07) is 9.56. The van der Waals surface area contributed by atoms with Gasteiger partial charge >= 0.3 is 0 Å². The van der Waals surface area contributed by atoms with Gasteiger partial charge in [0, 0.05) is 12.1 Å². The fourth-order valence-electron chi connectivity index (χ4n) is 3.79. The number of benzene rings is 2. The number of aliphatic hydroxyl groups excluding tert-OH is 4. The number of aromatic hydroxyl groups is 1. The van der Waals surface area contributed by atoms with Crippen LogP contribution in [0.15, 0.2) is 36.4 Å². The van der Waals surface area contributed by atoms with Gasteiger partial charge in [-0.3, -0.25) is 4.79 Å². The van der Waals surface area contributed by atoms with Gasteiger partial charge in [-0.15, -0.1) is 0 Å². The molecule has 32 heavy (non-hydrogen) atoms. The molecule has 0 spiro atoms. The van der Waals surface area contributed by atoms with Crippen molar-refractivity contribution in [1.82, 2.24) is 0 Å². The molecule has 1 saturated heterocycles. The van der Waals surface area contributed by atoms with Crippen molar-refractivity contribution in [3.63, 3.8) is 0 Å². The van der Waals surface area contributed by atoms with E-state index in [4.69, 9.17) is 18.9 Å². The normalized spacial score (nSPS) is 29.7. The van der Waals surface area contributed by atoms with E-state index in [1.165, 1.54) is 6.07 Å². The van der Waals surface area contributed by atoms with Crippen molar-refractivity contribution < 1.29 is 49.3 Å². The smallest absolute Gasteiger partial charge is 0.229 e. The van der Waals surface area contributed by atoms with Gasteiger partial charge in [-0.05, 0) is 17.7 Å². The molecule has 0 radical (unpaired) electrons. The first-order chi connectivity index (χ1) is 15.3. The molecule has 1 fully saturated rings. The van der Waals surface area contributed by atoms with Gasteiger partial charge < -0.3 is 44.5 Å². The molecule has 172 valence electrons. The van der Waals surface area contributed by atoms with Gasteiger partial charge in [0.05, 0.1) is 20.1 Å². The van der Waals surface area contributed by atoms with Crippen LogP contribution < -0.4 is 14.2 Å². The molecule has 0 saturated carbocycles. The average molecular weight is 448 g/mol. The van der Waals surface area contributed by atoms with E-state index >= 15 is 0 Å². The first-order valence-electron chi connectivity index (χ1n) is 10.0. The molecule has 4 rings (SSSR count). The van der Waals surface area contributed by atoms with Crippen molar-refractivity contribution in [2.45, 2.75) is 43.2 Å². The summed E-state index contributed by atoms with van der Waals surface area (Å²) in [5.74, 6) is 0.0452. The molecule has 0 amide bonds. The highest BCUT2D eigenvalue weighted by molar-refractivity contribution is 6.02. The molecular formula is C22H24O10. The Hall–Kier alpha value is -2.89. The molecule has 2 aliphatic rings. The zero-order valence-corrected chi connectivity index (χ0v) is 17.1. The Labute approximate surface area is 183 Å². The van der Waals surface area contributed by atoms with E-state index in [0.29, 0.717) is 5.75 Å². The van der Waals surface area contributed by atoms with E-state index in [1.54, 1.807) is 31.4 Å². The van der Waals surface area contributed by atoms with Gasteiger partial charge in [-0.25, -0.2) is 0 Å². The van der Waals surface area contributed by atoms with Crippen molar-refractivity contribution >= 4 is 5.78 Å². The number of hydrogen-bond acceptors (Lipinski definition) is 10. The minimum atomic E-state index is -1.62. The summed E-state index contributed by atoms with van der Waals surface area (Å²) in [5.41, 5.74) is 0.750. The summed E-state index contributed by atoms with van der Waals surface area (Å²) in [5, 5.41) is 49.7. The summed E-state index contributed by atoms with van der Waals surface area (Å²) in [4.78, 5) is 12.7. The van der Waals surface area contributed by atoms with Crippen LogP contribution in [0.5, 0.6) is 23.0 Å². The van der Waals surface area contributed by atoms with Crippen LogP contribution in [0.4, 0.5) is 0 Å². The van der Waals surface area contributed by atoms with Gasteiger partial charge in [0.15, 0.2) is 5.78 Å². The molecule has 0 aromatic heterocycles. The quantitative estimate of drug-likeness (QED) is 0.431. The summed E-state index contributed by atoms with van der Waals surface area (Å²) in [6.45, 7) is -0.610. The number of phenols is 1. The molecule has 2 aliphatic heterocycles. The van der Waals surface area contributed by atoms with Crippen LogP contribution in [0.3, 0.4) is 0 Å². The number of ether oxygens (including phenoxy) is 4. The largest absolute Gasteiger partial charge is 0.507 e. The summed E-state index contributed by atoms with van der Waals surface area (Å²) in [6.07, 6.45) is -7.93. The first kappa shape index (κ1) is 22.3. The lowest BCUT2D eigenvalue weighted by atomic mass is 9.95. The number of carbonyl (C=O) groups is 1. The van der Waals surface area contributed by atoms with Crippen LogP contribution in [0.1, 0.15) is 28.4 Å². The lowest BCUT2D eigenvalue weighted by Gasteiger charge is -2.39. The maximum absolute atomic E-state index is 12.7. The van der Waals surface area contributed by atoms with Crippen molar-refractivity contribution in [3.8, 4) is 23.0 Å². The maximum Gasteiger partial charge on any atom is 0.229 e. The van der Waals surface area contributed by atoms with Crippen LogP contribution in [-0.4, -0.2) is 75.7 Å². The van der Waals surface area contributed by atoms with Crippen LogP contribution in [0.2, 0.25) is 0 Å². The summed E-state index contributed by atoms with van der Waals surface area (Å²) >= 11 is 0. The molecule has 5 N–H and O–H groups in total. The summed E-state index contributed by atoms with van der Waals surface area (Å²) in [7, 11) is 1.55. The Morgan fingerprint density at radius 1 is 1.03 bits per heavy atom. The van der Waals surface area contributed by atoms with Gasteiger partial charge in [0.1, 0.15) is 59.1 Å². The molecule has 1 unspecified atom stereocenters. The van der Waals surface area contributed by atoms with Crippen molar-refractivity contribution in [2.75, 3.05) is 13.7 Å². The van der Waals surface area contributed by atoms with E-state index in [-0.39, 0.29) is 35.0 Å². The Morgan fingerprint density at radius 3 is 2.41 bits per heavy atom. The fourth-order valence-corrected chi connectivity index (χ4v) is 3.79. The number of aliphatic hydroxyl groups is 4. The van der Waals surface area contributed by atoms with E-state index in [0.717, 1.165) is 11.6 Å². The number of rotatable bonds is 5. The van der Waals surface area contributed by atoms with Gasteiger partial charge in [0.25, 0.3) is 0 Å². The Bertz CT molecular complexity index is 973. The monoisotopic (exact) mass is 448 g/mol. The van der Waals surface area contributed by atoms with Crippen LogP contribution in [0, 0.1) is 0 Å². The van der Waals surface area contributed by atoms with Crippen LogP contribution >= 0.6 is 0 Å². The lowest BCUT2D eigenvalue weighted by molar-refractivity contribution is -0.277. The predicted octanol–water partition coefficient (Wildman–Crippen LogP) is 0.286. The molecule has 0 aliphatic carbocycles. The number of carbonyl (C=O) groups excluding carboxylic acids is 1. The van der Waals surface area contributed by atoms with Crippen molar-refractivity contribution in [3.05, 3.63) is 47.5 Å². The van der Waals surface area contributed by atoms with Crippen molar-refractivity contribution in [2.24, 2.45) is 0 Å². The minimum Gasteiger partial charge on any atom is -0.507 e. The third kappa shape index (κ3) is 4.10. The SMILES string of the molecule is COc1ccc(C2CC(=O)c3c(O)cc(O[C@@H]4O[C@H](CO)[C@H](O)[C@H](O)[C@H]4O)cc3O2)cc1. The third-order valence-corrected chi connectivity index (χ3v) is 5.56. The van der Waals surface area contributed by atoms with Gasteiger partial charge in [-0.1, -0.05) is 12.1 Å². The first-order valence-corrected chi connectivity index (χ1v) is 10.0. The number of Topliss-reactive ketones (excluding diaryl/α,β-unsaturated/α-hetero) is 1. The molecule has 2 aromatic carbocycles. The number of methoxy groups -OCH3 is 1. The van der Waals surface area contributed by atoms with E-state index in [1.807, 2.05) is 0 Å². The highest BCUT2D eigenvalue weighted by atomic mass is 16.7. The third-order valence-electron chi connectivity index (χ3n) is 5.56. The minimum absolute atomic E-state index is 0.00578. The van der Waals surface area contributed by atoms with E-state index in [9.17, 15) is 30.3 Å². The second-order valence-corrected chi connectivity index (χ2v) is 7.64. The Morgan fingerprint density at radius 2 is 1.75 bits per heavy atom. The van der Waals surface area contributed by atoms with Crippen LogP contribution in [0.25, 0.3) is 0 Å². The predicted molar refractivity (Wildman–Crippen MR) is 108 cm³/mol. The molecule has 0 bridgehead atoms. The molecular weight excluding hydrogens is 424 g/mol. The molecule has 2 heterocycles. The number of fused-ring (bicyclic) bond motifs is 1. The summed E-state index contributed by atoms with van der Waals surface area (Å²) < 4.78 is 22.0. The van der Waals surface area contributed by atoms with Crippen LogP contribution in [-0.2, 0) is 4.74 Å². The number of ketones is 1. The second-order valence-electron chi connectivity index (χ2n) is 7.64. The highest BCUT2D eigenvalue weighted by Gasteiger charge is 2.45. The number of hydrogen-bond donors (Lipinski definition) is 5. The molecule has 2 aromatic rings. The van der Waals surface area contributed by atoms with Gasteiger partial charge in [-0.2, -0.15) is 0 Å². The molecule has 10 heteroatoms. The zero-order chi connectivity index (χ0) is 23.0. The standard InChI is InChI=1S/C22H24O10/c1-29-11-4-2-10(3-5-11)15-8-14(25)18-13(24)6-12(7-16(18)31-15)30-22-21(28)20(27)19(26)17(9-23)32-22/h2-7,15,17,19-24,26-28H,8-9H2,1H3/t15?,17-,19+,20+,21-,22-/m1/s1. The second kappa shape index (κ2) is 8.93. The number of phenolic OH excluding ortho intramolecular Hbond substituents is 1. The molecule has 10 nitrogen and oxygen atoms in total. The average Bonchev–Trinajstić information content (AvgIpc) is 2.79. The fraction of sp³-hybridized carbons (Fsp3) is 0.409. The zero-order valence-electron chi connectivity index (χ0n) is 17.1. The van der Waals surface area contributed by atoms with E-state index in [2.05, 4.69) is 0 Å². The van der Waals surface area contributed by atoms with Gasteiger partial charge in [0.2, 0.25) is 6.29 Å². The maximum atomic E-state index is 12.7. The Kier molecular flexibility index (Phi) is 6.22. The van der Waals surface area contributed by atoms with Crippen molar-refractivity contribution in [1.29, 1.82) is 0 Å². The van der Waals surface area contributed by atoms with E-state index < -0.39 is 43.4 Å². The molecule has 6 atom stereocenters.